The summed E-state index contributed by atoms with van der Waals surface area (Å²) in [6.45, 7) is 3.74. The third-order valence-electron chi connectivity index (χ3n) is 3.73. The van der Waals surface area contributed by atoms with Crippen LogP contribution in [0.15, 0.2) is 18.2 Å². The molecule has 20 heavy (non-hydrogen) atoms. The lowest BCUT2D eigenvalue weighted by Crippen LogP contribution is -2.37. The summed E-state index contributed by atoms with van der Waals surface area (Å²) in [5.41, 5.74) is 2.37. The summed E-state index contributed by atoms with van der Waals surface area (Å²) in [5, 5.41) is 0. The maximum Gasteiger partial charge on any atom is 0.415 e. The molecule has 0 aliphatic carbocycles. The number of hydrogen-bond donors (Lipinski definition) is 0. The fourth-order valence-electron chi connectivity index (χ4n) is 2.59. The first-order chi connectivity index (χ1) is 9.61. The molecule has 1 saturated heterocycles. The van der Waals surface area contributed by atoms with Gasteiger partial charge in [-0.2, -0.15) is 0 Å². The summed E-state index contributed by atoms with van der Waals surface area (Å²) in [7, 11) is 4.04. The third-order valence-corrected chi connectivity index (χ3v) is 3.73. The van der Waals surface area contributed by atoms with Crippen LogP contribution < -0.4 is 9.64 Å². The molecule has 0 spiro atoms. The summed E-state index contributed by atoms with van der Waals surface area (Å²) in [6.07, 6.45) is 4.07. The number of ether oxygens (including phenoxy) is 1. The number of anilines is 1. The van der Waals surface area contributed by atoms with E-state index in [1.165, 1.54) is 17.7 Å². The fourth-order valence-corrected chi connectivity index (χ4v) is 2.59. The maximum atomic E-state index is 12.1. The minimum Gasteiger partial charge on any atom is -0.410 e. The van der Waals surface area contributed by atoms with Crippen molar-refractivity contribution < 1.29 is 9.53 Å². The van der Waals surface area contributed by atoms with Crippen molar-refractivity contribution in [3.63, 3.8) is 0 Å². The number of rotatable bonds is 3. The minimum absolute atomic E-state index is 0.218. The second kappa shape index (κ2) is 6.64. The molecule has 1 aromatic rings. The summed E-state index contributed by atoms with van der Waals surface area (Å²) in [4.78, 5) is 16.0. The Morgan fingerprint density at radius 3 is 2.55 bits per heavy atom. The first-order valence-corrected chi connectivity index (χ1v) is 7.39. The average molecular weight is 276 g/mol. The monoisotopic (exact) mass is 276 g/mol. The lowest BCUT2D eigenvalue weighted by molar-refractivity contribution is 0.142. The number of hydrogen-bond acceptors (Lipinski definition) is 3. The molecule has 4 nitrogen and oxygen atoms in total. The van der Waals surface area contributed by atoms with Crippen molar-refractivity contribution in [2.45, 2.75) is 32.6 Å². The van der Waals surface area contributed by atoms with Crippen LogP contribution in [0, 0.1) is 0 Å². The Balaban J connectivity index is 2.07. The number of nitrogens with zero attached hydrogens (tertiary/aromatic N) is 2. The highest BCUT2D eigenvalue weighted by atomic mass is 16.6. The van der Waals surface area contributed by atoms with Crippen molar-refractivity contribution in [2.75, 3.05) is 32.1 Å². The van der Waals surface area contributed by atoms with E-state index in [-0.39, 0.29) is 6.09 Å². The topological polar surface area (TPSA) is 32.8 Å². The number of likely N-dealkylation sites (tertiary alicyclic amines) is 1. The Hall–Kier alpha value is -1.71. The normalized spacial score (nSPS) is 15.1. The SMILES string of the molecule is CCc1cc(OC(=O)N2CCCCC2)ccc1N(C)C. The van der Waals surface area contributed by atoms with Gasteiger partial charge in [-0.05, 0) is 49.4 Å². The predicted molar refractivity (Wildman–Crippen MR) is 81.6 cm³/mol. The highest BCUT2D eigenvalue weighted by Crippen LogP contribution is 2.25. The third kappa shape index (κ3) is 3.44. The van der Waals surface area contributed by atoms with Crippen molar-refractivity contribution in [3.05, 3.63) is 23.8 Å². The van der Waals surface area contributed by atoms with Gasteiger partial charge in [0.15, 0.2) is 0 Å². The van der Waals surface area contributed by atoms with E-state index in [1.807, 2.05) is 32.3 Å². The first-order valence-electron chi connectivity index (χ1n) is 7.39. The lowest BCUT2D eigenvalue weighted by Gasteiger charge is -2.26. The maximum absolute atomic E-state index is 12.1. The quantitative estimate of drug-likeness (QED) is 0.849. The molecule has 0 aromatic heterocycles. The Kier molecular flexibility index (Phi) is 4.88. The van der Waals surface area contributed by atoms with Gasteiger partial charge in [0.05, 0.1) is 0 Å². The van der Waals surface area contributed by atoms with Crippen LogP contribution >= 0.6 is 0 Å². The second-order valence-corrected chi connectivity index (χ2v) is 5.45. The molecule has 4 heteroatoms. The molecule has 0 unspecified atom stereocenters. The zero-order valence-electron chi connectivity index (χ0n) is 12.7. The number of piperidine rings is 1. The van der Waals surface area contributed by atoms with E-state index in [4.69, 9.17) is 4.74 Å². The zero-order valence-corrected chi connectivity index (χ0v) is 12.7. The molecule has 0 N–H and O–H groups in total. The van der Waals surface area contributed by atoms with Gasteiger partial charge in [-0.3, -0.25) is 0 Å². The largest absolute Gasteiger partial charge is 0.415 e. The van der Waals surface area contributed by atoms with E-state index in [0.29, 0.717) is 5.75 Å². The Morgan fingerprint density at radius 2 is 1.95 bits per heavy atom. The molecule has 0 saturated carbocycles. The minimum atomic E-state index is -0.218. The lowest BCUT2D eigenvalue weighted by atomic mass is 10.1. The van der Waals surface area contributed by atoms with Crippen molar-refractivity contribution in [2.24, 2.45) is 0 Å². The Labute approximate surface area is 121 Å². The predicted octanol–water partition coefficient (Wildman–Crippen LogP) is 3.30. The van der Waals surface area contributed by atoms with Crippen molar-refractivity contribution in [1.29, 1.82) is 0 Å². The average Bonchev–Trinajstić information content (AvgIpc) is 2.47. The summed E-state index contributed by atoms with van der Waals surface area (Å²) in [5.74, 6) is 0.642. The molecule has 1 heterocycles. The van der Waals surface area contributed by atoms with Crippen LogP contribution in [-0.4, -0.2) is 38.2 Å². The Bertz CT molecular complexity index is 466. The van der Waals surface area contributed by atoms with Gasteiger partial charge in [0, 0.05) is 32.9 Å². The van der Waals surface area contributed by atoms with Crippen LogP contribution in [0.2, 0.25) is 0 Å². The molecule has 0 radical (unpaired) electrons. The summed E-state index contributed by atoms with van der Waals surface area (Å²) < 4.78 is 5.50. The van der Waals surface area contributed by atoms with E-state index in [2.05, 4.69) is 11.8 Å². The summed E-state index contributed by atoms with van der Waals surface area (Å²) >= 11 is 0. The Morgan fingerprint density at radius 1 is 1.25 bits per heavy atom. The van der Waals surface area contributed by atoms with Crippen LogP contribution in [0.25, 0.3) is 0 Å². The van der Waals surface area contributed by atoms with E-state index in [1.54, 1.807) is 4.90 Å². The highest BCUT2D eigenvalue weighted by Gasteiger charge is 2.18. The number of aryl methyl sites for hydroxylation is 1. The van der Waals surface area contributed by atoms with Gasteiger partial charge < -0.3 is 14.5 Å². The van der Waals surface area contributed by atoms with Gasteiger partial charge in [-0.25, -0.2) is 4.79 Å². The molecular weight excluding hydrogens is 252 g/mol. The van der Waals surface area contributed by atoms with Gasteiger partial charge in [0.25, 0.3) is 0 Å². The number of amides is 1. The van der Waals surface area contributed by atoms with Crippen molar-refractivity contribution >= 4 is 11.8 Å². The summed E-state index contributed by atoms with van der Waals surface area (Å²) in [6, 6.07) is 5.85. The molecular formula is C16H24N2O2. The second-order valence-electron chi connectivity index (χ2n) is 5.45. The molecule has 2 rings (SSSR count). The van der Waals surface area contributed by atoms with Crippen LogP contribution in [0.5, 0.6) is 5.75 Å². The highest BCUT2D eigenvalue weighted by molar-refractivity contribution is 5.71. The van der Waals surface area contributed by atoms with Crippen molar-refractivity contribution in [3.8, 4) is 5.75 Å². The first kappa shape index (κ1) is 14.7. The van der Waals surface area contributed by atoms with E-state index < -0.39 is 0 Å². The van der Waals surface area contributed by atoms with Crippen molar-refractivity contribution in [1.82, 2.24) is 4.90 Å². The number of benzene rings is 1. The van der Waals surface area contributed by atoms with Crippen LogP contribution in [0.1, 0.15) is 31.7 Å². The molecule has 1 aliphatic heterocycles. The van der Waals surface area contributed by atoms with E-state index in [9.17, 15) is 4.79 Å². The standard InChI is InChI=1S/C16H24N2O2/c1-4-13-12-14(8-9-15(13)17(2)3)20-16(19)18-10-6-5-7-11-18/h8-9,12H,4-7,10-11H2,1-3H3. The molecule has 1 aliphatic rings. The molecule has 1 amide bonds. The zero-order chi connectivity index (χ0) is 14.5. The molecule has 110 valence electrons. The van der Waals surface area contributed by atoms with Crippen LogP contribution in [0.4, 0.5) is 10.5 Å². The van der Waals surface area contributed by atoms with Gasteiger partial charge in [-0.1, -0.05) is 6.92 Å². The molecule has 0 atom stereocenters. The van der Waals surface area contributed by atoms with E-state index >= 15 is 0 Å². The van der Waals surface area contributed by atoms with Gasteiger partial charge in [-0.15, -0.1) is 0 Å². The molecule has 1 aromatic carbocycles. The van der Waals surface area contributed by atoms with Gasteiger partial charge in [0.1, 0.15) is 5.75 Å². The van der Waals surface area contributed by atoms with Gasteiger partial charge in [0.2, 0.25) is 0 Å². The smallest absolute Gasteiger partial charge is 0.410 e. The number of carbonyl (C=O) groups is 1. The van der Waals surface area contributed by atoms with Gasteiger partial charge >= 0.3 is 6.09 Å². The van der Waals surface area contributed by atoms with Crippen LogP contribution in [0.3, 0.4) is 0 Å². The van der Waals surface area contributed by atoms with E-state index in [0.717, 1.165) is 32.4 Å². The van der Waals surface area contributed by atoms with Crippen LogP contribution in [-0.2, 0) is 6.42 Å². The fraction of sp³-hybridized carbons (Fsp3) is 0.562. The molecule has 1 fully saturated rings. The number of carbonyl (C=O) groups excluding carboxylic acids is 1. The molecule has 0 bridgehead atoms.